The zero-order valence-electron chi connectivity index (χ0n) is 16.9. The van der Waals surface area contributed by atoms with E-state index in [2.05, 4.69) is 28.5 Å². The zero-order valence-corrected chi connectivity index (χ0v) is 16.9. The second-order valence-electron chi connectivity index (χ2n) is 7.91. The molecule has 1 amide bonds. The van der Waals surface area contributed by atoms with Gasteiger partial charge in [0.1, 0.15) is 0 Å². The Balaban J connectivity index is 1.57. The molecule has 0 aliphatic heterocycles. The highest BCUT2D eigenvalue weighted by molar-refractivity contribution is 6.07. The number of carbonyl (C=O) groups excluding carboxylic acids is 1. The lowest BCUT2D eigenvalue weighted by atomic mass is 9.87. The normalized spacial score (nSPS) is 15.6. The number of hydrogen-bond donors (Lipinski definition) is 1. The van der Waals surface area contributed by atoms with Crippen molar-refractivity contribution in [2.45, 2.75) is 32.2 Å². The van der Waals surface area contributed by atoms with Crippen LogP contribution < -0.4 is 5.32 Å². The number of fused-ring (bicyclic) bond motifs is 2. The Hall–Kier alpha value is -3.53. The second kappa shape index (κ2) is 7.71. The number of benzene rings is 2. The van der Waals surface area contributed by atoms with Gasteiger partial charge < -0.3 is 5.32 Å². The standard InChI is InChI=1S/C26H23N3O/c1-17-12-13-23-20(15-17)21(16-25(28-23)24-10-4-5-14-27-24)26(30)29-22-11-6-8-18-7-2-3-9-19(18)22/h2-5,7,9-10,12-16,22H,6,8,11H2,1H3,(H,29,30)/t22-/m0/s1. The van der Waals surface area contributed by atoms with E-state index in [9.17, 15) is 4.79 Å². The highest BCUT2D eigenvalue weighted by atomic mass is 16.1. The minimum atomic E-state index is -0.0631. The molecule has 2 aromatic heterocycles. The maximum atomic E-state index is 13.5. The van der Waals surface area contributed by atoms with Crippen molar-refractivity contribution in [3.05, 3.63) is 95.2 Å². The average molecular weight is 393 g/mol. The van der Waals surface area contributed by atoms with Crippen molar-refractivity contribution in [3.63, 3.8) is 0 Å². The number of hydrogen-bond acceptors (Lipinski definition) is 3. The predicted octanol–water partition coefficient (Wildman–Crippen LogP) is 5.41. The highest BCUT2D eigenvalue weighted by Gasteiger charge is 2.23. The Morgan fingerprint density at radius 2 is 1.87 bits per heavy atom. The second-order valence-corrected chi connectivity index (χ2v) is 7.91. The molecule has 0 saturated carbocycles. The lowest BCUT2D eigenvalue weighted by molar-refractivity contribution is 0.0934. The number of nitrogens with zero attached hydrogens (tertiary/aromatic N) is 2. The van der Waals surface area contributed by atoms with Gasteiger partial charge in [-0.2, -0.15) is 0 Å². The first-order chi connectivity index (χ1) is 14.7. The number of aryl methyl sites for hydroxylation is 2. The van der Waals surface area contributed by atoms with E-state index in [4.69, 9.17) is 4.98 Å². The number of aromatic nitrogens is 2. The molecular weight excluding hydrogens is 370 g/mol. The molecule has 2 aromatic carbocycles. The van der Waals surface area contributed by atoms with Crippen LogP contribution in [-0.2, 0) is 6.42 Å². The fourth-order valence-corrected chi connectivity index (χ4v) is 4.31. The Labute approximate surface area is 176 Å². The maximum absolute atomic E-state index is 13.5. The summed E-state index contributed by atoms with van der Waals surface area (Å²) in [7, 11) is 0. The molecule has 2 heterocycles. The molecule has 1 N–H and O–H groups in total. The maximum Gasteiger partial charge on any atom is 0.252 e. The van der Waals surface area contributed by atoms with Gasteiger partial charge in [-0.3, -0.25) is 9.78 Å². The lowest BCUT2D eigenvalue weighted by Crippen LogP contribution is -2.31. The molecule has 4 heteroatoms. The van der Waals surface area contributed by atoms with Gasteiger partial charge in [0.2, 0.25) is 0 Å². The summed E-state index contributed by atoms with van der Waals surface area (Å²) >= 11 is 0. The summed E-state index contributed by atoms with van der Waals surface area (Å²) in [5, 5.41) is 4.17. The molecule has 30 heavy (non-hydrogen) atoms. The lowest BCUT2D eigenvalue weighted by Gasteiger charge is -2.26. The number of rotatable bonds is 3. The smallest absolute Gasteiger partial charge is 0.252 e. The van der Waals surface area contributed by atoms with E-state index in [1.54, 1.807) is 6.20 Å². The van der Waals surface area contributed by atoms with Gasteiger partial charge in [-0.1, -0.05) is 42.0 Å². The van der Waals surface area contributed by atoms with Crippen molar-refractivity contribution >= 4 is 16.8 Å². The van der Waals surface area contributed by atoms with Crippen molar-refractivity contribution in [2.75, 3.05) is 0 Å². The van der Waals surface area contributed by atoms with E-state index in [-0.39, 0.29) is 11.9 Å². The summed E-state index contributed by atoms with van der Waals surface area (Å²) in [6.07, 6.45) is 4.86. The van der Waals surface area contributed by atoms with Gasteiger partial charge in [-0.25, -0.2) is 4.98 Å². The molecule has 0 unspecified atom stereocenters. The third kappa shape index (κ3) is 3.45. The first kappa shape index (κ1) is 18.5. The van der Waals surface area contributed by atoms with Crippen molar-refractivity contribution < 1.29 is 4.79 Å². The average Bonchev–Trinajstić information content (AvgIpc) is 2.79. The summed E-state index contributed by atoms with van der Waals surface area (Å²) < 4.78 is 0. The monoisotopic (exact) mass is 393 g/mol. The molecular formula is C26H23N3O. The summed E-state index contributed by atoms with van der Waals surface area (Å²) in [5.74, 6) is -0.0631. The molecule has 0 fully saturated rings. The molecule has 0 bridgehead atoms. The molecule has 4 nitrogen and oxygen atoms in total. The van der Waals surface area contributed by atoms with Crippen LogP contribution >= 0.6 is 0 Å². The fourth-order valence-electron chi connectivity index (χ4n) is 4.31. The minimum Gasteiger partial charge on any atom is -0.345 e. The summed E-state index contributed by atoms with van der Waals surface area (Å²) in [5.41, 5.74) is 6.59. The third-order valence-corrected chi connectivity index (χ3v) is 5.81. The van der Waals surface area contributed by atoms with Gasteiger partial charge in [0.15, 0.2) is 0 Å². The minimum absolute atomic E-state index is 0.0359. The van der Waals surface area contributed by atoms with Crippen LogP contribution in [0.15, 0.2) is 72.9 Å². The predicted molar refractivity (Wildman–Crippen MR) is 119 cm³/mol. The zero-order chi connectivity index (χ0) is 20.5. The van der Waals surface area contributed by atoms with E-state index < -0.39 is 0 Å². The van der Waals surface area contributed by atoms with Crippen LogP contribution in [0.25, 0.3) is 22.3 Å². The molecule has 4 aromatic rings. The van der Waals surface area contributed by atoms with Gasteiger partial charge in [-0.05, 0) is 67.6 Å². The van der Waals surface area contributed by atoms with E-state index in [0.29, 0.717) is 11.3 Å². The van der Waals surface area contributed by atoms with Crippen LogP contribution in [0.1, 0.15) is 45.9 Å². The van der Waals surface area contributed by atoms with E-state index in [0.717, 1.165) is 41.4 Å². The fraction of sp³-hybridized carbons (Fsp3) is 0.192. The molecule has 1 aliphatic rings. The Bertz CT molecular complexity index is 1230. The molecule has 148 valence electrons. The molecule has 1 atom stereocenters. The Kier molecular flexibility index (Phi) is 4.75. The Morgan fingerprint density at radius 1 is 1.00 bits per heavy atom. The quantitative estimate of drug-likeness (QED) is 0.506. The summed E-state index contributed by atoms with van der Waals surface area (Å²) in [4.78, 5) is 22.7. The van der Waals surface area contributed by atoms with Crippen LogP contribution in [0.4, 0.5) is 0 Å². The van der Waals surface area contributed by atoms with Crippen LogP contribution in [0.5, 0.6) is 0 Å². The van der Waals surface area contributed by atoms with Crippen LogP contribution in [0.3, 0.4) is 0 Å². The van der Waals surface area contributed by atoms with E-state index in [1.165, 1.54) is 11.1 Å². The van der Waals surface area contributed by atoms with Crippen molar-refractivity contribution in [1.29, 1.82) is 0 Å². The largest absolute Gasteiger partial charge is 0.345 e. The van der Waals surface area contributed by atoms with E-state index >= 15 is 0 Å². The molecule has 0 saturated heterocycles. The molecule has 1 aliphatic carbocycles. The summed E-state index contributed by atoms with van der Waals surface area (Å²) in [6, 6.07) is 22.1. The first-order valence-electron chi connectivity index (χ1n) is 10.4. The van der Waals surface area contributed by atoms with E-state index in [1.807, 2.05) is 55.5 Å². The summed E-state index contributed by atoms with van der Waals surface area (Å²) in [6.45, 7) is 2.03. The van der Waals surface area contributed by atoms with Gasteiger partial charge in [0.05, 0.1) is 28.5 Å². The first-order valence-corrected chi connectivity index (χ1v) is 10.4. The topological polar surface area (TPSA) is 54.9 Å². The number of amides is 1. The van der Waals surface area contributed by atoms with Gasteiger partial charge in [0, 0.05) is 11.6 Å². The number of carbonyl (C=O) groups is 1. The van der Waals surface area contributed by atoms with Crippen LogP contribution in [0.2, 0.25) is 0 Å². The number of pyridine rings is 2. The number of nitrogens with one attached hydrogen (secondary N) is 1. The van der Waals surface area contributed by atoms with Crippen LogP contribution in [0, 0.1) is 6.92 Å². The van der Waals surface area contributed by atoms with Crippen molar-refractivity contribution in [3.8, 4) is 11.4 Å². The SMILES string of the molecule is Cc1ccc2nc(-c3ccccn3)cc(C(=O)N[C@H]3CCCc4ccccc43)c2c1. The van der Waals surface area contributed by atoms with Crippen molar-refractivity contribution in [1.82, 2.24) is 15.3 Å². The van der Waals surface area contributed by atoms with Crippen LogP contribution in [-0.4, -0.2) is 15.9 Å². The Morgan fingerprint density at radius 3 is 2.73 bits per heavy atom. The molecule has 0 radical (unpaired) electrons. The molecule has 0 spiro atoms. The molecule has 5 rings (SSSR count). The van der Waals surface area contributed by atoms with Crippen molar-refractivity contribution in [2.24, 2.45) is 0 Å². The third-order valence-electron chi connectivity index (χ3n) is 5.81. The highest BCUT2D eigenvalue weighted by Crippen LogP contribution is 2.31. The van der Waals surface area contributed by atoms with Gasteiger partial charge in [-0.15, -0.1) is 0 Å². The van der Waals surface area contributed by atoms with Gasteiger partial charge >= 0.3 is 0 Å². The van der Waals surface area contributed by atoms with Gasteiger partial charge in [0.25, 0.3) is 5.91 Å².